The average Bonchev–Trinajstić information content (AvgIpc) is 2.41. The van der Waals surface area contributed by atoms with Crippen LogP contribution in [0.25, 0.3) is 0 Å². The summed E-state index contributed by atoms with van der Waals surface area (Å²) in [5.74, 6) is 0. The Morgan fingerprint density at radius 1 is 0.882 bits per heavy atom. The van der Waals surface area contributed by atoms with E-state index in [1.54, 1.807) is 0 Å². The zero-order valence-electron chi connectivity index (χ0n) is 9.84. The summed E-state index contributed by atoms with van der Waals surface area (Å²) in [7, 11) is 0. The molecule has 2 aromatic carbocycles. The van der Waals surface area contributed by atoms with E-state index in [1.165, 1.54) is 5.56 Å². The van der Waals surface area contributed by atoms with Crippen molar-refractivity contribution in [3.8, 4) is 0 Å². The predicted octanol–water partition coefficient (Wildman–Crippen LogP) is 2.48. The quantitative estimate of drug-likeness (QED) is 0.769. The predicted molar refractivity (Wildman–Crippen MR) is 71.5 cm³/mol. The van der Waals surface area contributed by atoms with Gasteiger partial charge in [0.15, 0.2) is 0 Å². The van der Waals surface area contributed by atoms with Crippen LogP contribution in [-0.4, -0.2) is 6.54 Å². The molecular formula is C15H18N2. The van der Waals surface area contributed by atoms with E-state index in [0.717, 1.165) is 18.5 Å². The van der Waals surface area contributed by atoms with Crippen LogP contribution in [0, 0.1) is 0 Å². The van der Waals surface area contributed by atoms with Gasteiger partial charge < -0.3 is 5.73 Å². The highest BCUT2D eigenvalue weighted by molar-refractivity contribution is 5.18. The lowest BCUT2D eigenvalue weighted by molar-refractivity contribution is 0.555. The molecule has 0 aromatic heterocycles. The fourth-order valence-corrected chi connectivity index (χ4v) is 1.79. The number of rotatable bonds is 5. The molecule has 88 valence electrons. The molecule has 0 fully saturated rings. The van der Waals surface area contributed by atoms with E-state index in [2.05, 4.69) is 29.6 Å². The lowest BCUT2D eigenvalue weighted by atomic mass is 10.1. The molecule has 2 aromatic rings. The summed E-state index contributed by atoms with van der Waals surface area (Å²) in [6.07, 6.45) is 0.918. The third-order valence-corrected chi connectivity index (χ3v) is 2.78. The minimum absolute atomic E-state index is 0.0834. The second kappa shape index (κ2) is 6.18. The first-order chi connectivity index (χ1) is 8.36. The molecule has 2 nitrogen and oxygen atoms in total. The Bertz CT molecular complexity index is 425. The van der Waals surface area contributed by atoms with E-state index in [9.17, 15) is 0 Å². The van der Waals surface area contributed by atoms with Gasteiger partial charge in [-0.15, -0.1) is 0 Å². The summed E-state index contributed by atoms with van der Waals surface area (Å²) in [4.78, 5) is 0. The second-order valence-corrected chi connectivity index (χ2v) is 4.08. The van der Waals surface area contributed by atoms with Gasteiger partial charge in [0, 0.05) is 6.54 Å². The van der Waals surface area contributed by atoms with Crippen LogP contribution >= 0.6 is 0 Å². The Morgan fingerprint density at radius 2 is 1.47 bits per heavy atom. The SMILES string of the molecule is NC(NCCc1ccccc1)c1ccccc1. The maximum atomic E-state index is 6.05. The normalized spacial score (nSPS) is 12.3. The molecule has 0 aliphatic carbocycles. The summed E-state index contributed by atoms with van der Waals surface area (Å²) in [5.41, 5.74) is 8.51. The first-order valence-corrected chi connectivity index (χ1v) is 5.94. The first kappa shape index (κ1) is 11.8. The largest absolute Gasteiger partial charge is 0.312 e. The number of hydrogen-bond donors (Lipinski definition) is 2. The molecular weight excluding hydrogens is 208 g/mol. The van der Waals surface area contributed by atoms with E-state index in [-0.39, 0.29) is 6.17 Å². The van der Waals surface area contributed by atoms with Crippen LogP contribution in [0.1, 0.15) is 17.3 Å². The van der Waals surface area contributed by atoms with Crippen molar-refractivity contribution < 1.29 is 0 Å². The molecule has 1 atom stereocenters. The third-order valence-electron chi connectivity index (χ3n) is 2.78. The fraction of sp³-hybridized carbons (Fsp3) is 0.200. The molecule has 0 bridgehead atoms. The van der Waals surface area contributed by atoms with Crippen LogP contribution in [-0.2, 0) is 6.42 Å². The van der Waals surface area contributed by atoms with Gasteiger partial charge in [-0.2, -0.15) is 0 Å². The smallest absolute Gasteiger partial charge is 0.0810 e. The van der Waals surface area contributed by atoms with Gasteiger partial charge in [-0.3, -0.25) is 5.32 Å². The molecule has 0 radical (unpaired) electrons. The minimum Gasteiger partial charge on any atom is -0.312 e. The minimum atomic E-state index is -0.0834. The summed E-state index contributed by atoms with van der Waals surface area (Å²) in [5, 5.41) is 3.33. The summed E-state index contributed by atoms with van der Waals surface area (Å²) < 4.78 is 0. The molecule has 0 saturated carbocycles. The van der Waals surface area contributed by atoms with Crippen LogP contribution < -0.4 is 11.1 Å². The van der Waals surface area contributed by atoms with Gasteiger partial charge >= 0.3 is 0 Å². The third kappa shape index (κ3) is 3.70. The number of hydrogen-bond acceptors (Lipinski definition) is 2. The van der Waals surface area contributed by atoms with E-state index in [0.29, 0.717) is 0 Å². The van der Waals surface area contributed by atoms with Crippen LogP contribution in [0.5, 0.6) is 0 Å². The van der Waals surface area contributed by atoms with E-state index < -0.39 is 0 Å². The summed E-state index contributed by atoms with van der Waals surface area (Å²) in [6, 6.07) is 20.5. The molecule has 0 aliphatic heterocycles. The van der Waals surface area contributed by atoms with Crippen molar-refractivity contribution in [3.05, 3.63) is 71.8 Å². The number of nitrogens with one attached hydrogen (secondary N) is 1. The Hall–Kier alpha value is -1.64. The second-order valence-electron chi connectivity index (χ2n) is 4.08. The molecule has 0 saturated heterocycles. The van der Waals surface area contributed by atoms with Crippen molar-refractivity contribution in [1.29, 1.82) is 0 Å². The highest BCUT2D eigenvalue weighted by atomic mass is 15.0. The van der Waals surface area contributed by atoms with Gasteiger partial charge in [0.2, 0.25) is 0 Å². The van der Waals surface area contributed by atoms with Crippen LogP contribution in [0.15, 0.2) is 60.7 Å². The van der Waals surface area contributed by atoms with Crippen LogP contribution in [0.2, 0.25) is 0 Å². The number of benzene rings is 2. The van der Waals surface area contributed by atoms with Gasteiger partial charge in [-0.05, 0) is 17.5 Å². The zero-order chi connectivity index (χ0) is 11.9. The standard InChI is InChI=1S/C15H18N2/c16-15(14-9-5-2-6-10-14)17-12-11-13-7-3-1-4-8-13/h1-10,15,17H,11-12,16H2. The van der Waals surface area contributed by atoms with E-state index >= 15 is 0 Å². The van der Waals surface area contributed by atoms with Gasteiger partial charge in [-0.1, -0.05) is 60.7 Å². The van der Waals surface area contributed by atoms with E-state index in [1.807, 2.05) is 36.4 Å². The van der Waals surface area contributed by atoms with Gasteiger partial charge in [0.25, 0.3) is 0 Å². The molecule has 0 heterocycles. The van der Waals surface area contributed by atoms with Crippen molar-refractivity contribution in [2.24, 2.45) is 5.73 Å². The maximum Gasteiger partial charge on any atom is 0.0810 e. The molecule has 1 unspecified atom stereocenters. The molecule has 0 amide bonds. The molecule has 3 N–H and O–H groups in total. The Morgan fingerprint density at radius 3 is 2.12 bits per heavy atom. The van der Waals surface area contributed by atoms with Gasteiger partial charge in [0.05, 0.1) is 6.17 Å². The Kier molecular flexibility index (Phi) is 4.30. The highest BCUT2D eigenvalue weighted by Crippen LogP contribution is 2.06. The summed E-state index contributed by atoms with van der Waals surface area (Å²) in [6.45, 7) is 0.889. The maximum absolute atomic E-state index is 6.05. The topological polar surface area (TPSA) is 38.0 Å². The Labute approximate surface area is 102 Å². The van der Waals surface area contributed by atoms with Crippen LogP contribution in [0.3, 0.4) is 0 Å². The summed E-state index contributed by atoms with van der Waals surface area (Å²) >= 11 is 0. The van der Waals surface area contributed by atoms with Crippen molar-refractivity contribution in [1.82, 2.24) is 5.32 Å². The van der Waals surface area contributed by atoms with Crippen molar-refractivity contribution in [2.45, 2.75) is 12.6 Å². The average molecular weight is 226 g/mol. The molecule has 0 spiro atoms. The van der Waals surface area contributed by atoms with Crippen molar-refractivity contribution in [3.63, 3.8) is 0 Å². The Balaban J connectivity index is 1.79. The zero-order valence-corrected chi connectivity index (χ0v) is 9.84. The van der Waals surface area contributed by atoms with Gasteiger partial charge in [-0.25, -0.2) is 0 Å². The van der Waals surface area contributed by atoms with Crippen LogP contribution in [0.4, 0.5) is 0 Å². The molecule has 2 rings (SSSR count). The molecule has 2 heteroatoms. The monoisotopic (exact) mass is 226 g/mol. The molecule has 0 aliphatic rings. The lowest BCUT2D eigenvalue weighted by Gasteiger charge is -2.14. The van der Waals surface area contributed by atoms with Gasteiger partial charge in [0.1, 0.15) is 0 Å². The van der Waals surface area contributed by atoms with Crippen molar-refractivity contribution >= 4 is 0 Å². The van der Waals surface area contributed by atoms with Crippen molar-refractivity contribution in [2.75, 3.05) is 6.54 Å². The lowest BCUT2D eigenvalue weighted by Crippen LogP contribution is -2.30. The highest BCUT2D eigenvalue weighted by Gasteiger charge is 2.03. The number of nitrogens with two attached hydrogens (primary N) is 1. The first-order valence-electron chi connectivity index (χ1n) is 5.94. The molecule has 17 heavy (non-hydrogen) atoms. The van der Waals surface area contributed by atoms with E-state index in [4.69, 9.17) is 5.73 Å². The fourth-order valence-electron chi connectivity index (χ4n) is 1.79.